The average molecular weight is 468 g/mol. The van der Waals surface area contributed by atoms with Crippen molar-refractivity contribution in [2.75, 3.05) is 20.6 Å². The molecule has 0 aliphatic carbocycles. The lowest BCUT2D eigenvalue weighted by Gasteiger charge is -2.30. The number of nitrogens with zero attached hydrogens (tertiary/aromatic N) is 2. The Balaban J connectivity index is 1.86. The molecule has 2 amide bonds. The van der Waals surface area contributed by atoms with Crippen molar-refractivity contribution < 1.29 is 18.0 Å². The number of carbonyl (C=O) groups is 2. The molecule has 3 aromatic carbocycles. The predicted octanol–water partition coefficient (Wildman–Crippen LogP) is 2.93. The van der Waals surface area contributed by atoms with Gasteiger partial charge in [0.1, 0.15) is 6.04 Å². The van der Waals surface area contributed by atoms with Crippen molar-refractivity contribution >= 4 is 32.6 Å². The Hall–Kier alpha value is -3.23. The minimum Gasteiger partial charge on any atom is -0.357 e. The van der Waals surface area contributed by atoms with E-state index in [4.69, 9.17) is 0 Å². The first-order valence-corrected chi connectivity index (χ1v) is 12.1. The van der Waals surface area contributed by atoms with Crippen molar-refractivity contribution in [3.8, 4) is 0 Å². The van der Waals surface area contributed by atoms with E-state index >= 15 is 0 Å². The van der Waals surface area contributed by atoms with Crippen molar-refractivity contribution in [2.24, 2.45) is 0 Å². The molecule has 3 aromatic rings. The molecule has 0 heterocycles. The fourth-order valence-electron chi connectivity index (χ4n) is 3.64. The van der Waals surface area contributed by atoms with Gasteiger partial charge in [-0.05, 0) is 47.9 Å². The largest absolute Gasteiger partial charge is 0.357 e. The van der Waals surface area contributed by atoms with Gasteiger partial charge in [-0.1, -0.05) is 54.6 Å². The maximum atomic E-state index is 13.3. The summed E-state index contributed by atoms with van der Waals surface area (Å²) in [6.45, 7) is 3.37. The number of hydrogen-bond donors (Lipinski definition) is 1. The number of carbonyl (C=O) groups excluding carboxylic acids is 2. The molecule has 0 bridgehead atoms. The molecule has 0 aliphatic rings. The van der Waals surface area contributed by atoms with Gasteiger partial charge in [-0.2, -0.15) is 4.31 Å². The SMILES string of the molecule is CNC(=O)[C@H](C)N(Cc1ccccc1C)C(=O)CN(C)S(=O)(=O)c1ccc2ccccc2c1. The number of sulfonamides is 1. The molecule has 0 aliphatic heterocycles. The topological polar surface area (TPSA) is 86.8 Å². The van der Waals surface area contributed by atoms with Gasteiger partial charge in [-0.25, -0.2) is 8.42 Å². The van der Waals surface area contributed by atoms with E-state index in [0.29, 0.717) is 0 Å². The van der Waals surface area contributed by atoms with Crippen molar-refractivity contribution in [3.63, 3.8) is 0 Å². The highest BCUT2D eigenvalue weighted by atomic mass is 32.2. The molecule has 33 heavy (non-hydrogen) atoms. The van der Waals surface area contributed by atoms with Crippen LogP contribution < -0.4 is 5.32 Å². The number of hydrogen-bond acceptors (Lipinski definition) is 4. The molecular formula is C25H29N3O4S. The summed E-state index contributed by atoms with van der Waals surface area (Å²) >= 11 is 0. The lowest BCUT2D eigenvalue weighted by Crippen LogP contribution is -2.50. The van der Waals surface area contributed by atoms with Gasteiger partial charge in [-0.15, -0.1) is 0 Å². The fraction of sp³-hybridized carbons (Fsp3) is 0.280. The van der Waals surface area contributed by atoms with Crippen molar-refractivity contribution in [1.29, 1.82) is 0 Å². The number of likely N-dealkylation sites (N-methyl/N-ethyl adjacent to an activating group) is 2. The highest BCUT2D eigenvalue weighted by molar-refractivity contribution is 7.89. The Kier molecular flexibility index (Phi) is 7.50. The highest BCUT2D eigenvalue weighted by Crippen LogP contribution is 2.22. The summed E-state index contributed by atoms with van der Waals surface area (Å²) in [5.41, 5.74) is 1.87. The Morgan fingerprint density at radius 3 is 2.27 bits per heavy atom. The molecule has 7 nitrogen and oxygen atoms in total. The normalized spacial score (nSPS) is 12.5. The molecular weight excluding hydrogens is 438 g/mol. The van der Waals surface area contributed by atoms with Crippen LogP contribution in [-0.4, -0.2) is 56.1 Å². The second-order valence-corrected chi connectivity index (χ2v) is 10.1. The molecule has 1 N–H and O–H groups in total. The summed E-state index contributed by atoms with van der Waals surface area (Å²) in [5, 5.41) is 4.29. The van der Waals surface area contributed by atoms with Crippen LogP contribution in [-0.2, 0) is 26.2 Å². The Bertz CT molecular complexity index is 1270. The molecule has 0 spiro atoms. The predicted molar refractivity (Wildman–Crippen MR) is 129 cm³/mol. The number of rotatable bonds is 8. The van der Waals surface area contributed by atoms with E-state index in [1.165, 1.54) is 25.1 Å². The number of nitrogens with one attached hydrogen (secondary N) is 1. The first-order valence-electron chi connectivity index (χ1n) is 10.7. The van der Waals surface area contributed by atoms with Crippen LogP contribution in [0.3, 0.4) is 0 Å². The molecule has 0 fully saturated rings. The van der Waals surface area contributed by atoms with Gasteiger partial charge in [0, 0.05) is 20.6 Å². The molecule has 0 saturated heterocycles. The lowest BCUT2D eigenvalue weighted by atomic mass is 10.1. The second-order valence-electron chi connectivity index (χ2n) is 8.01. The minimum absolute atomic E-state index is 0.112. The maximum absolute atomic E-state index is 13.3. The molecule has 0 aromatic heterocycles. The van der Waals surface area contributed by atoms with Crippen molar-refractivity contribution in [2.45, 2.75) is 31.3 Å². The monoisotopic (exact) mass is 467 g/mol. The summed E-state index contributed by atoms with van der Waals surface area (Å²) < 4.78 is 27.4. The lowest BCUT2D eigenvalue weighted by molar-refractivity contribution is -0.140. The molecule has 3 rings (SSSR count). The van der Waals surface area contributed by atoms with E-state index in [1.807, 2.05) is 55.5 Å². The molecule has 0 unspecified atom stereocenters. The first kappa shape index (κ1) is 24.4. The van der Waals surface area contributed by atoms with Crippen LogP contribution in [0.2, 0.25) is 0 Å². The van der Waals surface area contributed by atoms with E-state index in [0.717, 1.165) is 26.2 Å². The zero-order valence-corrected chi connectivity index (χ0v) is 20.1. The number of benzene rings is 3. The van der Waals surface area contributed by atoms with Crippen LogP contribution in [0, 0.1) is 6.92 Å². The Morgan fingerprint density at radius 1 is 0.970 bits per heavy atom. The van der Waals surface area contributed by atoms with E-state index < -0.39 is 22.0 Å². The van der Waals surface area contributed by atoms with Crippen molar-refractivity contribution in [3.05, 3.63) is 77.9 Å². The van der Waals surface area contributed by atoms with Crippen LogP contribution >= 0.6 is 0 Å². The van der Waals surface area contributed by atoms with Gasteiger partial charge < -0.3 is 10.2 Å². The maximum Gasteiger partial charge on any atom is 0.243 e. The highest BCUT2D eigenvalue weighted by Gasteiger charge is 2.30. The molecule has 1 atom stereocenters. The van der Waals surface area contributed by atoms with E-state index in [2.05, 4.69) is 5.32 Å². The second kappa shape index (κ2) is 10.1. The standard InChI is InChI=1S/C25H29N3O4S/c1-18-9-5-6-12-22(18)16-28(19(2)25(30)26-3)24(29)17-27(4)33(31,32)23-14-13-20-10-7-8-11-21(20)15-23/h5-15,19H,16-17H2,1-4H3,(H,26,30)/t19-/m0/s1. The molecule has 0 saturated carbocycles. The third-order valence-corrected chi connectivity index (χ3v) is 7.60. The summed E-state index contributed by atoms with van der Waals surface area (Å²) in [4.78, 5) is 27.1. The first-order chi connectivity index (χ1) is 15.6. The van der Waals surface area contributed by atoms with Crippen LogP contribution in [0.4, 0.5) is 0 Å². The summed E-state index contributed by atoms with van der Waals surface area (Å²) in [6, 6.07) is 19.2. The van der Waals surface area contributed by atoms with Gasteiger partial charge >= 0.3 is 0 Å². The summed E-state index contributed by atoms with van der Waals surface area (Å²) in [7, 11) is -1.03. The van der Waals surface area contributed by atoms with Gasteiger partial charge in [-0.3, -0.25) is 9.59 Å². The fourth-order valence-corrected chi connectivity index (χ4v) is 4.79. The summed E-state index contributed by atoms with van der Waals surface area (Å²) in [5.74, 6) is -0.779. The van der Waals surface area contributed by atoms with E-state index in [1.54, 1.807) is 19.1 Å². The summed E-state index contributed by atoms with van der Waals surface area (Å²) in [6.07, 6.45) is 0. The Morgan fingerprint density at radius 2 is 1.61 bits per heavy atom. The Labute approximate surface area is 195 Å². The molecule has 8 heteroatoms. The van der Waals surface area contributed by atoms with E-state index in [9.17, 15) is 18.0 Å². The zero-order chi connectivity index (χ0) is 24.2. The van der Waals surface area contributed by atoms with Crippen LogP contribution in [0.5, 0.6) is 0 Å². The van der Waals surface area contributed by atoms with Crippen molar-refractivity contribution in [1.82, 2.24) is 14.5 Å². The van der Waals surface area contributed by atoms with Crippen LogP contribution in [0.1, 0.15) is 18.1 Å². The van der Waals surface area contributed by atoms with Crippen LogP contribution in [0.25, 0.3) is 10.8 Å². The zero-order valence-electron chi connectivity index (χ0n) is 19.3. The number of amides is 2. The third-order valence-electron chi connectivity index (χ3n) is 5.80. The number of aryl methyl sites for hydroxylation is 1. The minimum atomic E-state index is -3.91. The third kappa shape index (κ3) is 5.40. The van der Waals surface area contributed by atoms with Gasteiger partial charge in [0.25, 0.3) is 0 Å². The van der Waals surface area contributed by atoms with Gasteiger partial charge in [0.2, 0.25) is 21.8 Å². The van der Waals surface area contributed by atoms with Gasteiger partial charge in [0.15, 0.2) is 0 Å². The molecule has 174 valence electrons. The van der Waals surface area contributed by atoms with E-state index in [-0.39, 0.29) is 23.9 Å². The molecule has 0 radical (unpaired) electrons. The smallest absolute Gasteiger partial charge is 0.243 e. The van der Waals surface area contributed by atoms with Crippen LogP contribution in [0.15, 0.2) is 71.6 Å². The average Bonchev–Trinajstić information content (AvgIpc) is 2.82. The van der Waals surface area contributed by atoms with Gasteiger partial charge in [0.05, 0.1) is 11.4 Å². The number of fused-ring (bicyclic) bond motifs is 1. The quantitative estimate of drug-likeness (QED) is 0.552.